The van der Waals surface area contributed by atoms with E-state index < -0.39 is 51.4 Å². The Balaban J connectivity index is 1.07. The molecule has 3 N–H and O–H groups in total. The van der Waals surface area contributed by atoms with Gasteiger partial charge in [-0.2, -0.15) is 0 Å². The fourth-order valence-electron chi connectivity index (χ4n) is 7.33. The summed E-state index contributed by atoms with van der Waals surface area (Å²) in [6.45, 7) is 5.40. The Kier molecular flexibility index (Phi) is 10.8. The zero-order valence-electron chi connectivity index (χ0n) is 30.9. The van der Waals surface area contributed by atoms with Crippen molar-refractivity contribution in [1.82, 2.24) is 20.3 Å². The highest BCUT2D eigenvalue weighted by Gasteiger charge is 2.61. The van der Waals surface area contributed by atoms with Crippen LogP contribution in [-0.4, -0.2) is 55.9 Å². The van der Waals surface area contributed by atoms with Crippen LogP contribution in [0.15, 0.2) is 127 Å². The smallest absolute Gasteiger partial charge is 0.264 e. The van der Waals surface area contributed by atoms with Crippen LogP contribution in [0.3, 0.4) is 0 Å². The standard InChI is InChI=1S/C43H42N4O8S/c1-4-30-25-43(30,42(50)47-56(51,52)33-17-11-16-31(20-33)54-26-28-12-7-5-8-13-28)46-41(49)36-21-32(22-38(36)45-27(2)48)55-39-18-19-44-37-24-40(53-3)34(23-35(37)39)29-14-9-6-10-15-29/h4-20,23-24,30,32,36,38H,1,21-22,25-26H2,2-3H3,(H,45,48)(H,46,49)(H,47,50)/t30-,32-,36-,38+,43-/m1/s1. The monoisotopic (exact) mass is 774 g/mol. The minimum absolute atomic E-state index is 0.150. The number of aromatic nitrogens is 1. The number of rotatable bonds is 14. The Morgan fingerprint density at radius 2 is 1.68 bits per heavy atom. The van der Waals surface area contributed by atoms with E-state index in [0.717, 1.165) is 22.1 Å². The number of methoxy groups -OCH3 is 1. The molecule has 0 saturated heterocycles. The van der Waals surface area contributed by atoms with Crippen molar-refractivity contribution in [2.24, 2.45) is 11.8 Å². The molecule has 1 heterocycles. The Hall–Kier alpha value is -6.21. The number of carbonyl (C=O) groups excluding carboxylic acids is 3. The van der Waals surface area contributed by atoms with Gasteiger partial charge >= 0.3 is 0 Å². The van der Waals surface area contributed by atoms with Crippen LogP contribution >= 0.6 is 0 Å². The van der Waals surface area contributed by atoms with Gasteiger partial charge in [-0.3, -0.25) is 19.4 Å². The summed E-state index contributed by atoms with van der Waals surface area (Å²) in [7, 11) is -2.76. The van der Waals surface area contributed by atoms with E-state index in [1.54, 1.807) is 25.4 Å². The van der Waals surface area contributed by atoms with E-state index in [4.69, 9.17) is 14.2 Å². The van der Waals surface area contributed by atoms with Gasteiger partial charge in [0.25, 0.3) is 15.9 Å². The summed E-state index contributed by atoms with van der Waals surface area (Å²) in [6.07, 6.45) is 3.33. The summed E-state index contributed by atoms with van der Waals surface area (Å²) in [5.74, 6) is -1.53. The van der Waals surface area contributed by atoms with Crippen molar-refractivity contribution in [3.63, 3.8) is 0 Å². The lowest BCUT2D eigenvalue weighted by Gasteiger charge is -2.24. The van der Waals surface area contributed by atoms with Gasteiger partial charge in [0.15, 0.2) is 0 Å². The molecular weight excluding hydrogens is 733 g/mol. The van der Waals surface area contributed by atoms with Crippen LogP contribution in [0.1, 0.15) is 31.7 Å². The Labute approximate surface area is 325 Å². The van der Waals surface area contributed by atoms with E-state index in [1.807, 2.05) is 72.8 Å². The molecule has 2 fully saturated rings. The Bertz CT molecular complexity index is 2390. The van der Waals surface area contributed by atoms with Crippen molar-refractivity contribution < 1.29 is 37.0 Å². The molecule has 0 aliphatic heterocycles. The molecule has 5 aromatic rings. The highest BCUT2D eigenvalue weighted by Crippen LogP contribution is 2.46. The number of amides is 3. The summed E-state index contributed by atoms with van der Waals surface area (Å²) < 4.78 is 47.2. The van der Waals surface area contributed by atoms with Crippen molar-refractivity contribution >= 4 is 38.6 Å². The number of nitrogens with one attached hydrogen (secondary N) is 3. The van der Waals surface area contributed by atoms with Crippen LogP contribution in [0, 0.1) is 11.8 Å². The van der Waals surface area contributed by atoms with E-state index in [1.165, 1.54) is 31.2 Å². The molecular formula is C43H42N4O8S. The van der Waals surface area contributed by atoms with Gasteiger partial charge in [-0.05, 0) is 48.2 Å². The van der Waals surface area contributed by atoms with Crippen LogP contribution in [0.5, 0.6) is 17.2 Å². The predicted molar refractivity (Wildman–Crippen MR) is 210 cm³/mol. The molecule has 0 unspecified atom stereocenters. The molecule has 0 radical (unpaired) electrons. The highest BCUT2D eigenvalue weighted by molar-refractivity contribution is 7.90. The summed E-state index contributed by atoms with van der Waals surface area (Å²) in [5.41, 5.74) is 1.81. The fourth-order valence-corrected chi connectivity index (χ4v) is 8.40. The van der Waals surface area contributed by atoms with Crippen molar-refractivity contribution in [2.45, 2.75) is 55.4 Å². The molecule has 2 saturated carbocycles. The second-order valence-corrected chi connectivity index (χ2v) is 15.7. The van der Waals surface area contributed by atoms with E-state index in [0.29, 0.717) is 29.2 Å². The maximum atomic E-state index is 14.1. The van der Waals surface area contributed by atoms with Crippen LogP contribution < -0.4 is 29.6 Å². The molecule has 3 amide bonds. The molecule has 13 heteroatoms. The van der Waals surface area contributed by atoms with Crippen molar-refractivity contribution in [3.05, 3.63) is 128 Å². The molecule has 1 aromatic heterocycles. The lowest BCUT2D eigenvalue weighted by Crippen LogP contribution is -2.54. The van der Waals surface area contributed by atoms with Crippen molar-refractivity contribution in [3.8, 4) is 28.4 Å². The van der Waals surface area contributed by atoms with Crippen LogP contribution in [0.25, 0.3) is 22.0 Å². The summed E-state index contributed by atoms with van der Waals surface area (Å²) >= 11 is 0. The SMILES string of the molecule is C=C[C@@H]1C[C@]1(NC(=O)[C@@H]1C[C@@H](Oc2ccnc3cc(OC)c(-c4ccccc4)cc23)C[C@@H]1NC(C)=O)C(=O)NS(=O)(=O)c1cccc(OCc2ccccc2)c1. The van der Waals surface area contributed by atoms with Gasteiger partial charge in [0.1, 0.15) is 35.5 Å². The van der Waals surface area contributed by atoms with Crippen molar-refractivity contribution in [2.75, 3.05) is 7.11 Å². The molecule has 0 bridgehead atoms. The van der Waals surface area contributed by atoms with E-state index in [2.05, 4.69) is 26.9 Å². The number of nitrogens with zero attached hydrogens (tertiary/aromatic N) is 1. The second kappa shape index (κ2) is 15.9. The van der Waals surface area contributed by atoms with Crippen LogP contribution in [0.2, 0.25) is 0 Å². The topological polar surface area (TPSA) is 162 Å². The number of hydrogen-bond donors (Lipinski definition) is 3. The second-order valence-electron chi connectivity index (χ2n) is 14.1. The molecule has 4 aromatic carbocycles. The average molecular weight is 775 g/mol. The highest BCUT2D eigenvalue weighted by atomic mass is 32.2. The molecule has 0 spiro atoms. The molecule has 12 nitrogen and oxygen atoms in total. The minimum atomic E-state index is -4.36. The molecule has 7 rings (SSSR count). The first kappa shape index (κ1) is 38.1. The Morgan fingerprint density at radius 3 is 2.38 bits per heavy atom. The largest absolute Gasteiger partial charge is 0.496 e. The molecule has 288 valence electrons. The number of hydrogen-bond acceptors (Lipinski definition) is 9. The number of benzene rings is 4. The minimum Gasteiger partial charge on any atom is -0.496 e. The number of carbonyl (C=O) groups is 3. The first-order chi connectivity index (χ1) is 27.0. The number of sulfonamides is 1. The van der Waals surface area contributed by atoms with Gasteiger partial charge < -0.3 is 24.8 Å². The van der Waals surface area contributed by atoms with Gasteiger partial charge in [0, 0.05) is 54.6 Å². The molecule has 56 heavy (non-hydrogen) atoms. The van der Waals surface area contributed by atoms with Gasteiger partial charge in [-0.15, -0.1) is 6.58 Å². The maximum Gasteiger partial charge on any atom is 0.264 e. The Morgan fingerprint density at radius 1 is 0.929 bits per heavy atom. The van der Waals surface area contributed by atoms with Gasteiger partial charge in [-0.25, -0.2) is 13.1 Å². The first-order valence-electron chi connectivity index (χ1n) is 18.2. The number of pyridine rings is 1. The molecule has 2 aliphatic rings. The third-order valence-electron chi connectivity index (χ3n) is 10.3. The number of ether oxygens (including phenoxy) is 3. The molecule has 2 aliphatic carbocycles. The van der Waals surface area contributed by atoms with Crippen molar-refractivity contribution in [1.29, 1.82) is 0 Å². The summed E-state index contributed by atoms with van der Waals surface area (Å²) in [5, 5.41) is 6.47. The summed E-state index contributed by atoms with van der Waals surface area (Å²) in [4.78, 5) is 44.6. The normalized spacial score (nSPS) is 21.4. The van der Waals surface area contributed by atoms with E-state index >= 15 is 0 Å². The average Bonchev–Trinajstić information content (AvgIpc) is 3.79. The van der Waals surface area contributed by atoms with Crippen LogP contribution in [0.4, 0.5) is 0 Å². The van der Waals surface area contributed by atoms with Crippen LogP contribution in [-0.2, 0) is 31.0 Å². The lowest BCUT2D eigenvalue weighted by atomic mass is 10.0. The van der Waals surface area contributed by atoms with E-state index in [-0.39, 0.29) is 30.3 Å². The number of fused-ring (bicyclic) bond motifs is 1. The molecule has 5 atom stereocenters. The van der Waals surface area contributed by atoms with Gasteiger partial charge in [0.05, 0.1) is 23.4 Å². The predicted octanol–water partition coefficient (Wildman–Crippen LogP) is 5.72. The fraction of sp³-hybridized carbons (Fsp3) is 0.256. The third kappa shape index (κ3) is 8.08. The van der Waals surface area contributed by atoms with Gasteiger partial charge in [-0.1, -0.05) is 72.8 Å². The lowest BCUT2D eigenvalue weighted by molar-refractivity contribution is -0.132. The third-order valence-corrected chi connectivity index (χ3v) is 11.6. The quantitative estimate of drug-likeness (QED) is 0.120. The zero-order valence-corrected chi connectivity index (χ0v) is 31.8. The maximum absolute atomic E-state index is 14.1. The van der Waals surface area contributed by atoms with E-state index in [9.17, 15) is 22.8 Å². The van der Waals surface area contributed by atoms with Gasteiger partial charge in [0.2, 0.25) is 11.8 Å². The zero-order chi connectivity index (χ0) is 39.5. The summed E-state index contributed by atoms with van der Waals surface area (Å²) in [6, 6.07) is 30.0. The first-order valence-corrected chi connectivity index (χ1v) is 19.7.